The molecule has 3 rings (SSSR count). The van der Waals surface area contributed by atoms with Gasteiger partial charge in [0, 0.05) is 19.9 Å². The SMILES string of the molecule is CNC(=O)C(NC(=O)CCc1ccc2c(c1)OCCCO2)c1ccc(F)c(F)c1. The third-order valence-corrected chi connectivity index (χ3v) is 4.54. The Morgan fingerprint density at radius 1 is 1.03 bits per heavy atom. The molecule has 0 aromatic heterocycles. The first-order valence-corrected chi connectivity index (χ1v) is 9.32. The molecule has 29 heavy (non-hydrogen) atoms. The molecule has 1 aliphatic heterocycles. The van der Waals surface area contributed by atoms with Crippen LogP contribution in [0.4, 0.5) is 8.78 Å². The standard InChI is InChI=1S/C21H22F2N2O4/c1-24-21(27)20(14-5-6-15(22)16(23)12-14)25-19(26)8-4-13-3-7-17-18(11-13)29-10-2-9-28-17/h3,5-7,11-12,20H,2,4,8-10H2,1H3,(H,24,27)(H,25,26). The van der Waals surface area contributed by atoms with Crippen LogP contribution in [0.3, 0.4) is 0 Å². The van der Waals surface area contributed by atoms with E-state index in [-0.39, 0.29) is 12.0 Å². The number of aryl methyl sites for hydroxylation is 1. The smallest absolute Gasteiger partial charge is 0.246 e. The zero-order valence-corrected chi connectivity index (χ0v) is 16.0. The van der Waals surface area contributed by atoms with Crippen LogP contribution in [0.1, 0.15) is 30.0 Å². The van der Waals surface area contributed by atoms with Gasteiger partial charge in [-0.3, -0.25) is 9.59 Å². The van der Waals surface area contributed by atoms with Crippen molar-refractivity contribution < 1.29 is 27.8 Å². The number of hydrogen-bond acceptors (Lipinski definition) is 4. The van der Waals surface area contributed by atoms with Crippen molar-refractivity contribution >= 4 is 11.8 Å². The van der Waals surface area contributed by atoms with Crippen LogP contribution >= 0.6 is 0 Å². The molecule has 2 N–H and O–H groups in total. The summed E-state index contributed by atoms with van der Waals surface area (Å²) in [6.07, 6.45) is 1.33. The van der Waals surface area contributed by atoms with E-state index in [0.29, 0.717) is 31.1 Å². The number of ether oxygens (including phenoxy) is 2. The van der Waals surface area contributed by atoms with Crippen LogP contribution in [0.15, 0.2) is 36.4 Å². The number of amides is 2. The average Bonchev–Trinajstić information content (AvgIpc) is 2.97. The summed E-state index contributed by atoms with van der Waals surface area (Å²) in [4.78, 5) is 24.5. The maximum Gasteiger partial charge on any atom is 0.246 e. The largest absolute Gasteiger partial charge is 0.490 e. The number of nitrogens with one attached hydrogen (secondary N) is 2. The van der Waals surface area contributed by atoms with Crippen LogP contribution in [-0.4, -0.2) is 32.1 Å². The van der Waals surface area contributed by atoms with E-state index in [9.17, 15) is 18.4 Å². The van der Waals surface area contributed by atoms with Gasteiger partial charge in [0.05, 0.1) is 13.2 Å². The van der Waals surface area contributed by atoms with Gasteiger partial charge in [-0.2, -0.15) is 0 Å². The highest BCUT2D eigenvalue weighted by Gasteiger charge is 2.23. The minimum atomic E-state index is -1.12. The van der Waals surface area contributed by atoms with Gasteiger partial charge in [-0.1, -0.05) is 12.1 Å². The van der Waals surface area contributed by atoms with Crippen molar-refractivity contribution in [2.75, 3.05) is 20.3 Å². The first kappa shape index (κ1) is 20.6. The Bertz CT molecular complexity index is 904. The molecule has 6 nitrogen and oxygen atoms in total. The summed E-state index contributed by atoms with van der Waals surface area (Å²) >= 11 is 0. The molecule has 0 saturated heterocycles. The molecule has 154 valence electrons. The van der Waals surface area contributed by atoms with Crippen molar-refractivity contribution in [1.82, 2.24) is 10.6 Å². The van der Waals surface area contributed by atoms with E-state index in [4.69, 9.17) is 9.47 Å². The number of carbonyl (C=O) groups excluding carboxylic acids is 2. The summed E-state index contributed by atoms with van der Waals surface area (Å²) in [5, 5.41) is 4.99. The van der Waals surface area contributed by atoms with E-state index in [1.807, 2.05) is 18.2 Å². The lowest BCUT2D eigenvalue weighted by molar-refractivity contribution is -0.128. The predicted octanol–water partition coefficient (Wildman–Crippen LogP) is 2.66. The highest BCUT2D eigenvalue weighted by atomic mass is 19.2. The second kappa shape index (κ2) is 9.36. The second-order valence-corrected chi connectivity index (χ2v) is 6.62. The Morgan fingerprint density at radius 2 is 1.79 bits per heavy atom. The van der Waals surface area contributed by atoms with E-state index < -0.39 is 29.5 Å². The third kappa shape index (κ3) is 5.22. The monoisotopic (exact) mass is 404 g/mol. The molecule has 1 atom stereocenters. The number of carbonyl (C=O) groups is 2. The lowest BCUT2D eigenvalue weighted by atomic mass is 10.0. The van der Waals surface area contributed by atoms with Gasteiger partial charge in [0.25, 0.3) is 0 Å². The van der Waals surface area contributed by atoms with E-state index in [1.54, 1.807) is 0 Å². The molecule has 0 aliphatic carbocycles. The predicted molar refractivity (Wildman–Crippen MR) is 102 cm³/mol. The minimum Gasteiger partial charge on any atom is -0.490 e. The molecule has 2 aromatic rings. The lowest BCUT2D eigenvalue weighted by Gasteiger charge is -2.18. The summed E-state index contributed by atoms with van der Waals surface area (Å²) in [6.45, 7) is 1.17. The van der Waals surface area contributed by atoms with Gasteiger partial charge in [-0.15, -0.1) is 0 Å². The van der Waals surface area contributed by atoms with Gasteiger partial charge in [0.15, 0.2) is 23.1 Å². The molecular formula is C21H22F2N2O4. The first-order valence-electron chi connectivity index (χ1n) is 9.32. The van der Waals surface area contributed by atoms with Gasteiger partial charge in [-0.25, -0.2) is 8.78 Å². The van der Waals surface area contributed by atoms with Gasteiger partial charge >= 0.3 is 0 Å². The molecular weight excluding hydrogens is 382 g/mol. The van der Waals surface area contributed by atoms with Crippen molar-refractivity contribution in [2.24, 2.45) is 0 Å². The number of likely N-dealkylation sites (N-methyl/N-ethyl adjacent to an activating group) is 1. The molecule has 2 amide bonds. The summed E-state index contributed by atoms with van der Waals surface area (Å²) in [7, 11) is 1.40. The van der Waals surface area contributed by atoms with E-state index in [1.165, 1.54) is 13.1 Å². The third-order valence-electron chi connectivity index (χ3n) is 4.54. The zero-order valence-electron chi connectivity index (χ0n) is 16.0. The molecule has 0 fully saturated rings. The Kier molecular flexibility index (Phi) is 6.64. The Labute approximate surface area is 167 Å². The lowest BCUT2D eigenvalue weighted by Crippen LogP contribution is -2.39. The van der Waals surface area contributed by atoms with Crippen molar-refractivity contribution in [2.45, 2.75) is 25.3 Å². The molecule has 0 saturated carbocycles. The van der Waals surface area contributed by atoms with Crippen molar-refractivity contribution in [3.05, 3.63) is 59.2 Å². The quantitative estimate of drug-likeness (QED) is 0.776. The number of rotatable bonds is 6. The van der Waals surface area contributed by atoms with Gasteiger partial charge < -0.3 is 20.1 Å². The Balaban J connectivity index is 1.65. The van der Waals surface area contributed by atoms with E-state index in [0.717, 1.165) is 24.1 Å². The van der Waals surface area contributed by atoms with Gasteiger partial charge in [-0.05, 0) is 41.8 Å². The average molecular weight is 404 g/mol. The van der Waals surface area contributed by atoms with Crippen LogP contribution in [0.2, 0.25) is 0 Å². The highest BCUT2D eigenvalue weighted by molar-refractivity contribution is 5.88. The molecule has 0 spiro atoms. The molecule has 1 heterocycles. The zero-order chi connectivity index (χ0) is 20.8. The van der Waals surface area contributed by atoms with Crippen LogP contribution in [0.25, 0.3) is 0 Å². The summed E-state index contributed by atoms with van der Waals surface area (Å²) in [6, 6.07) is 7.46. The first-order chi connectivity index (χ1) is 14.0. The van der Waals surface area contributed by atoms with Crippen LogP contribution in [0.5, 0.6) is 11.5 Å². The molecule has 8 heteroatoms. The molecule has 1 aliphatic rings. The fourth-order valence-electron chi connectivity index (χ4n) is 2.99. The maximum absolute atomic E-state index is 13.5. The molecule has 0 radical (unpaired) electrons. The molecule has 1 unspecified atom stereocenters. The normalized spacial score (nSPS) is 13.9. The second-order valence-electron chi connectivity index (χ2n) is 6.62. The van der Waals surface area contributed by atoms with E-state index >= 15 is 0 Å². The number of hydrogen-bond donors (Lipinski definition) is 2. The Hall–Kier alpha value is -3.16. The van der Waals surface area contributed by atoms with Crippen molar-refractivity contribution in [1.29, 1.82) is 0 Å². The fourth-order valence-corrected chi connectivity index (χ4v) is 2.99. The topological polar surface area (TPSA) is 76.7 Å². The Morgan fingerprint density at radius 3 is 2.52 bits per heavy atom. The fraction of sp³-hybridized carbons (Fsp3) is 0.333. The molecule has 0 bridgehead atoms. The highest BCUT2D eigenvalue weighted by Crippen LogP contribution is 2.30. The van der Waals surface area contributed by atoms with Crippen LogP contribution < -0.4 is 20.1 Å². The van der Waals surface area contributed by atoms with Gasteiger partial charge in [0.2, 0.25) is 11.8 Å². The summed E-state index contributed by atoms with van der Waals surface area (Å²) < 4.78 is 37.9. The number of halogens is 2. The van der Waals surface area contributed by atoms with E-state index in [2.05, 4.69) is 10.6 Å². The summed E-state index contributed by atoms with van der Waals surface area (Å²) in [5.74, 6) is -1.71. The van der Waals surface area contributed by atoms with Gasteiger partial charge in [0.1, 0.15) is 6.04 Å². The maximum atomic E-state index is 13.5. The number of fused-ring (bicyclic) bond motifs is 1. The van der Waals surface area contributed by atoms with Crippen molar-refractivity contribution in [3.8, 4) is 11.5 Å². The molecule has 2 aromatic carbocycles. The number of benzene rings is 2. The van der Waals surface area contributed by atoms with Crippen LogP contribution in [-0.2, 0) is 16.0 Å². The minimum absolute atomic E-state index is 0.108. The summed E-state index contributed by atoms with van der Waals surface area (Å²) in [5.41, 5.74) is 1.04. The van der Waals surface area contributed by atoms with Crippen LogP contribution in [0, 0.1) is 11.6 Å². The van der Waals surface area contributed by atoms with Crippen molar-refractivity contribution in [3.63, 3.8) is 0 Å².